The van der Waals surface area contributed by atoms with Gasteiger partial charge in [0.15, 0.2) is 6.10 Å². The van der Waals surface area contributed by atoms with Gasteiger partial charge in [-0.2, -0.15) is 0 Å². The number of hydrogen-bond donors (Lipinski definition) is 1. The van der Waals surface area contributed by atoms with Crippen molar-refractivity contribution in [1.82, 2.24) is 5.32 Å². The first-order valence-corrected chi connectivity index (χ1v) is 8.86. The SMILES string of the molecule is CC[C@@H](Oc1ccccc1Cl)C(=O)N[C@@H]1CCCc2ccccc21. The highest BCUT2D eigenvalue weighted by molar-refractivity contribution is 6.32. The molecule has 3 nitrogen and oxygen atoms in total. The van der Waals surface area contributed by atoms with E-state index in [4.69, 9.17) is 16.3 Å². The Hall–Kier alpha value is -2.00. The van der Waals surface area contributed by atoms with Gasteiger partial charge < -0.3 is 10.1 Å². The number of nitrogens with one attached hydrogen (secondary N) is 1. The highest BCUT2D eigenvalue weighted by atomic mass is 35.5. The van der Waals surface area contributed by atoms with Crippen LogP contribution in [0.25, 0.3) is 0 Å². The first kappa shape index (κ1) is 16.8. The van der Waals surface area contributed by atoms with Crippen LogP contribution in [0.4, 0.5) is 0 Å². The van der Waals surface area contributed by atoms with Crippen LogP contribution in [-0.4, -0.2) is 12.0 Å². The molecule has 0 aromatic heterocycles. The van der Waals surface area contributed by atoms with Crippen molar-refractivity contribution >= 4 is 17.5 Å². The Morgan fingerprint density at radius 1 is 1.25 bits per heavy atom. The molecule has 0 aliphatic heterocycles. The fraction of sp³-hybridized carbons (Fsp3) is 0.350. The maximum atomic E-state index is 12.7. The second-order valence-electron chi connectivity index (χ2n) is 6.10. The number of aryl methyl sites for hydroxylation is 1. The highest BCUT2D eigenvalue weighted by Gasteiger charge is 2.26. The zero-order valence-electron chi connectivity index (χ0n) is 13.8. The van der Waals surface area contributed by atoms with E-state index in [2.05, 4.69) is 23.5 Å². The van der Waals surface area contributed by atoms with E-state index in [0.717, 1.165) is 19.3 Å². The van der Waals surface area contributed by atoms with Crippen molar-refractivity contribution in [2.75, 3.05) is 0 Å². The normalized spacial score (nSPS) is 17.7. The Morgan fingerprint density at radius 2 is 2.00 bits per heavy atom. The van der Waals surface area contributed by atoms with E-state index >= 15 is 0 Å². The lowest BCUT2D eigenvalue weighted by Gasteiger charge is -2.28. The smallest absolute Gasteiger partial charge is 0.261 e. The quantitative estimate of drug-likeness (QED) is 0.855. The number of para-hydroxylation sites is 1. The summed E-state index contributed by atoms with van der Waals surface area (Å²) in [6.45, 7) is 1.94. The summed E-state index contributed by atoms with van der Waals surface area (Å²) in [6, 6.07) is 15.6. The molecule has 1 N–H and O–H groups in total. The van der Waals surface area contributed by atoms with Crippen molar-refractivity contribution in [3.8, 4) is 5.75 Å². The molecule has 0 fully saturated rings. The average Bonchev–Trinajstić information content (AvgIpc) is 2.61. The number of rotatable bonds is 5. The number of hydrogen-bond acceptors (Lipinski definition) is 2. The fourth-order valence-corrected chi connectivity index (χ4v) is 3.36. The molecule has 3 rings (SSSR count). The highest BCUT2D eigenvalue weighted by Crippen LogP contribution is 2.30. The van der Waals surface area contributed by atoms with Gasteiger partial charge in [-0.05, 0) is 48.9 Å². The van der Waals surface area contributed by atoms with Gasteiger partial charge >= 0.3 is 0 Å². The maximum Gasteiger partial charge on any atom is 0.261 e. The molecule has 0 heterocycles. The molecular weight excluding hydrogens is 322 g/mol. The Bertz CT molecular complexity index is 716. The molecule has 0 unspecified atom stereocenters. The molecule has 1 aliphatic rings. The number of ether oxygens (including phenoxy) is 1. The van der Waals surface area contributed by atoms with Gasteiger partial charge in [-0.25, -0.2) is 0 Å². The van der Waals surface area contributed by atoms with Crippen LogP contribution in [0.3, 0.4) is 0 Å². The van der Waals surface area contributed by atoms with E-state index in [1.165, 1.54) is 11.1 Å². The van der Waals surface area contributed by atoms with Crippen molar-refractivity contribution in [1.29, 1.82) is 0 Å². The van der Waals surface area contributed by atoms with Gasteiger partial charge in [0.05, 0.1) is 11.1 Å². The number of halogens is 1. The van der Waals surface area contributed by atoms with E-state index in [0.29, 0.717) is 17.2 Å². The molecule has 0 radical (unpaired) electrons. The molecule has 2 aromatic carbocycles. The Labute approximate surface area is 148 Å². The van der Waals surface area contributed by atoms with Crippen molar-refractivity contribution in [2.45, 2.75) is 44.8 Å². The van der Waals surface area contributed by atoms with E-state index in [9.17, 15) is 4.79 Å². The Kier molecular flexibility index (Phi) is 5.41. The van der Waals surface area contributed by atoms with Crippen molar-refractivity contribution in [2.24, 2.45) is 0 Å². The molecule has 2 aromatic rings. The predicted molar refractivity (Wildman–Crippen MR) is 96.4 cm³/mol. The molecule has 0 bridgehead atoms. The fourth-order valence-electron chi connectivity index (χ4n) is 3.18. The van der Waals surface area contributed by atoms with Crippen molar-refractivity contribution in [3.63, 3.8) is 0 Å². The third-order valence-corrected chi connectivity index (χ3v) is 4.77. The number of benzene rings is 2. The summed E-state index contributed by atoms with van der Waals surface area (Å²) in [6.07, 6.45) is 3.18. The van der Waals surface area contributed by atoms with Crippen LogP contribution in [0.15, 0.2) is 48.5 Å². The molecule has 0 saturated carbocycles. The van der Waals surface area contributed by atoms with Crippen LogP contribution in [0.5, 0.6) is 5.75 Å². The standard InChI is InChI=1S/C20H22ClNO2/c1-2-18(24-19-13-6-5-11-16(19)21)20(23)22-17-12-7-9-14-8-3-4-10-15(14)17/h3-6,8,10-11,13,17-18H,2,7,9,12H2,1H3,(H,22,23)/t17-,18-/m1/s1. The molecule has 2 atom stereocenters. The van der Waals surface area contributed by atoms with Crippen molar-refractivity contribution < 1.29 is 9.53 Å². The summed E-state index contributed by atoms with van der Waals surface area (Å²) >= 11 is 6.13. The van der Waals surface area contributed by atoms with E-state index in [-0.39, 0.29) is 11.9 Å². The molecule has 24 heavy (non-hydrogen) atoms. The summed E-state index contributed by atoms with van der Waals surface area (Å²) in [5.41, 5.74) is 2.55. The van der Waals surface area contributed by atoms with E-state index in [1.54, 1.807) is 12.1 Å². The lowest BCUT2D eigenvalue weighted by Crippen LogP contribution is -2.41. The molecule has 1 aliphatic carbocycles. The molecular formula is C20H22ClNO2. The van der Waals surface area contributed by atoms with Gasteiger partial charge in [0.1, 0.15) is 5.75 Å². The van der Waals surface area contributed by atoms with Gasteiger partial charge in [0.25, 0.3) is 5.91 Å². The van der Waals surface area contributed by atoms with Crippen LogP contribution in [0, 0.1) is 0 Å². The minimum absolute atomic E-state index is 0.0614. The lowest BCUT2D eigenvalue weighted by molar-refractivity contribution is -0.129. The molecule has 0 spiro atoms. The second-order valence-corrected chi connectivity index (χ2v) is 6.50. The first-order valence-electron chi connectivity index (χ1n) is 8.48. The zero-order valence-corrected chi connectivity index (χ0v) is 14.6. The molecule has 0 saturated heterocycles. The van der Waals surface area contributed by atoms with Gasteiger partial charge in [-0.3, -0.25) is 4.79 Å². The monoisotopic (exact) mass is 343 g/mol. The number of carbonyl (C=O) groups is 1. The minimum atomic E-state index is -0.543. The number of carbonyl (C=O) groups excluding carboxylic acids is 1. The van der Waals surface area contributed by atoms with E-state index in [1.807, 2.05) is 25.1 Å². The summed E-state index contributed by atoms with van der Waals surface area (Å²) in [5.74, 6) is 0.462. The van der Waals surface area contributed by atoms with Gasteiger partial charge in [0, 0.05) is 0 Å². The number of fused-ring (bicyclic) bond motifs is 1. The zero-order chi connectivity index (χ0) is 16.9. The van der Waals surface area contributed by atoms with Crippen LogP contribution < -0.4 is 10.1 Å². The van der Waals surface area contributed by atoms with Gasteiger partial charge in [0.2, 0.25) is 0 Å². The average molecular weight is 344 g/mol. The van der Waals surface area contributed by atoms with Crippen LogP contribution in [0.1, 0.15) is 43.4 Å². The second kappa shape index (κ2) is 7.71. The molecule has 1 amide bonds. The van der Waals surface area contributed by atoms with Crippen molar-refractivity contribution in [3.05, 3.63) is 64.7 Å². The first-order chi connectivity index (χ1) is 11.7. The molecule has 126 valence electrons. The third kappa shape index (κ3) is 3.73. The van der Waals surface area contributed by atoms with Gasteiger partial charge in [-0.15, -0.1) is 0 Å². The summed E-state index contributed by atoms with van der Waals surface area (Å²) in [4.78, 5) is 12.7. The Balaban J connectivity index is 1.71. The Morgan fingerprint density at radius 3 is 2.79 bits per heavy atom. The minimum Gasteiger partial charge on any atom is -0.479 e. The van der Waals surface area contributed by atoms with Crippen LogP contribution in [-0.2, 0) is 11.2 Å². The summed E-state index contributed by atoms with van der Waals surface area (Å²) in [5, 5.41) is 3.68. The summed E-state index contributed by atoms with van der Waals surface area (Å²) < 4.78 is 5.84. The summed E-state index contributed by atoms with van der Waals surface area (Å²) in [7, 11) is 0. The lowest BCUT2D eigenvalue weighted by atomic mass is 9.87. The topological polar surface area (TPSA) is 38.3 Å². The molecule has 4 heteroatoms. The number of amides is 1. The predicted octanol–water partition coefficient (Wildman–Crippen LogP) is 4.69. The van der Waals surface area contributed by atoms with E-state index < -0.39 is 6.10 Å². The van der Waals surface area contributed by atoms with Crippen LogP contribution in [0.2, 0.25) is 5.02 Å². The third-order valence-electron chi connectivity index (χ3n) is 4.46. The largest absolute Gasteiger partial charge is 0.479 e. The van der Waals surface area contributed by atoms with Gasteiger partial charge in [-0.1, -0.05) is 54.9 Å². The van der Waals surface area contributed by atoms with Crippen LogP contribution >= 0.6 is 11.6 Å². The maximum absolute atomic E-state index is 12.7.